The lowest BCUT2D eigenvalue weighted by molar-refractivity contribution is 1.05. The highest BCUT2D eigenvalue weighted by atomic mass is 14.8. The van der Waals surface area contributed by atoms with E-state index in [2.05, 4.69) is 28.2 Å². The van der Waals surface area contributed by atoms with Gasteiger partial charge in [-0.15, -0.1) is 0 Å². The Bertz CT molecular complexity index is 501. The van der Waals surface area contributed by atoms with Gasteiger partial charge in [0, 0.05) is 6.20 Å². The van der Waals surface area contributed by atoms with E-state index in [0.29, 0.717) is 0 Å². The van der Waals surface area contributed by atoms with Crippen LogP contribution in [-0.2, 0) is 0 Å². The second kappa shape index (κ2) is 4.71. The quantitative estimate of drug-likeness (QED) is 0.760. The van der Waals surface area contributed by atoms with Gasteiger partial charge in [0.15, 0.2) is 0 Å². The van der Waals surface area contributed by atoms with Crippen LogP contribution in [0.15, 0.2) is 36.5 Å². The minimum Gasteiger partial charge on any atom is -0.257 e. The van der Waals surface area contributed by atoms with Crippen LogP contribution in [0.2, 0.25) is 0 Å². The number of nitrogens with zero attached hydrogens (tertiary/aromatic N) is 2. The van der Waals surface area contributed by atoms with Crippen molar-refractivity contribution in [3.63, 3.8) is 0 Å². The van der Waals surface area contributed by atoms with Gasteiger partial charge in [0.2, 0.25) is 0 Å². The van der Waals surface area contributed by atoms with Crippen LogP contribution in [0.5, 0.6) is 0 Å². The van der Waals surface area contributed by atoms with Crippen molar-refractivity contribution in [2.24, 2.45) is 0 Å². The number of hydrogen-bond acceptors (Lipinski definition) is 2. The summed E-state index contributed by atoms with van der Waals surface area (Å²) < 4.78 is 0. The maximum Gasteiger partial charge on any atom is 0.0845 e. The summed E-state index contributed by atoms with van der Waals surface area (Å²) in [6, 6.07) is 10.2. The molecule has 0 aliphatic heterocycles. The van der Waals surface area contributed by atoms with E-state index in [1.54, 1.807) is 6.20 Å². The predicted molar refractivity (Wildman–Crippen MR) is 66.9 cm³/mol. The van der Waals surface area contributed by atoms with Crippen LogP contribution < -0.4 is 0 Å². The maximum atomic E-state index is 4.44. The van der Waals surface area contributed by atoms with Gasteiger partial charge in [0.1, 0.15) is 0 Å². The van der Waals surface area contributed by atoms with Gasteiger partial charge >= 0.3 is 0 Å². The summed E-state index contributed by atoms with van der Waals surface area (Å²) in [6.45, 7) is 3.92. The summed E-state index contributed by atoms with van der Waals surface area (Å²) in [7, 11) is 0. The van der Waals surface area contributed by atoms with Crippen LogP contribution in [0.4, 0.5) is 0 Å². The van der Waals surface area contributed by atoms with Crippen LogP contribution in [0, 0.1) is 13.8 Å². The Balaban J connectivity index is 2.27. The molecule has 0 aliphatic carbocycles. The Morgan fingerprint density at radius 1 is 1.00 bits per heavy atom. The smallest absolute Gasteiger partial charge is 0.0845 e. The zero-order valence-electron chi connectivity index (χ0n) is 9.51. The van der Waals surface area contributed by atoms with Crippen LogP contribution in [-0.4, -0.2) is 9.97 Å². The molecule has 2 rings (SSSR count). The van der Waals surface area contributed by atoms with Gasteiger partial charge in [-0.1, -0.05) is 36.4 Å². The average molecular weight is 210 g/mol. The zero-order valence-corrected chi connectivity index (χ0v) is 9.51. The fourth-order valence-corrected chi connectivity index (χ4v) is 1.45. The van der Waals surface area contributed by atoms with Crippen molar-refractivity contribution in [2.45, 2.75) is 13.8 Å². The summed E-state index contributed by atoms with van der Waals surface area (Å²) in [5.41, 5.74) is 4.00. The summed E-state index contributed by atoms with van der Waals surface area (Å²) >= 11 is 0. The highest BCUT2D eigenvalue weighted by molar-refractivity contribution is 5.68. The zero-order chi connectivity index (χ0) is 11.4. The highest BCUT2D eigenvalue weighted by Crippen LogP contribution is 2.08. The molecule has 0 atom stereocenters. The number of aryl methyl sites for hydroxylation is 2. The molecule has 1 aromatic carbocycles. The van der Waals surface area contributed by atoms with E-state index in [1.165, 1.54) is 5.56 Å². The van der Waals surface area contributed by atoms with Crippen molar-refractivity contribution in [3.05, 3.63) is 59.2 Å². The second-order valence-electron chi connectivity index (χ2n) is 3.73. The predicted octanol–water partition coefficient (Wildman–Crippen LogP) is 3.26. The molecule has 2 aromatic rings. The fourth-order valence-electron chi connectivity index (χ4n) is 1.45. The molecule has 0 unspecified atom stereocenters. The minimum atomic E-state index is 0.934. The molecule has 0 spiro atoms. The monoisotopic (exact) mass is 210 g/mol. The largest absolute Gasteiger partial charge is 0.257 e. The normalized spacial score (nSPS) is 10.9. The lowest BCUT2D eigenvalue weighted by Crippen LogP contribution is -1.93. The standard InChI is InChI=1S/C14H14N2/c1-11-10-15-12(2)14(16-11)9-8-13-6-4-3-5-7-13/h3-10H,1-2H3/b9-8-. The van der Waals surface area contributed by atoms with Crippen LogP contribution in [0.25, 0.3) is 12.2 Å². The Morgan fingerprint density at radius 3 is 2.50 bits per heavy atom. The highest BCUT2D eigenvalue weighted by Gasteiger charge is 1.97. The van der Waals surface area contributed by atoms with E-state index < -0.39 is 0 Å². The molecule has 2 nitrogen and oxygen atoms in total. The lowest BCUT2D eigenvalue weighted by atomic mass is 10.2. The van der Waals surface area contributed by atoms with E-state index in [-0.39, 0.29) is 0 Å². The first kappa shape index (κ1) is 10.6. The number of aromatic nitrogens is 2. The molecule has 0 amide bonds. The van der Waals surface area contributed by atoms with Gasteiger partial charge in [-0.2, -0.15) is 0 Å². The van der Waals surface area contributed by atoms with Crippen molar-refractivity contribution >= 4 is 12.2 Å². The molecular formula is C14H14N2. The molecule has 0 saturated heterocycles. The Kier molecular flexibility index (Phi) is 3.10. The molecule has 0 saturated carbocycles. The van der Waals surface area contributed by atoms with Gasteiger partial charge in [-0.25, -0.2) is 0 Å². The van der Waals surface area contributed by atoms with Crippen LogP contribution >= 0.6 is 0 Å². The van der Waals surface area contributed by atoms with E-state index >= 15 is 0 Å². The van der Waals surface area contributed by atoms with Crippen molar-refractivity contribution < 1.29 is 0 Å². The van der Waals surface area contributed by atoms with Crippen LogP contribution in [0.3, 0.4) is 0 Å². The third kappa shape index (κ3) is 2.54. The van der Waals surface area contributed by atoms with Gasteiger partial charge in [0.25, 0.3) is 0 Å². The molecule has 0 radical (unpaired) electrons. The van der Waals surface area contributed by atoms with E-state index in [9.17, 15) is 0 Å². The van der Waals surface area contributed by atoms with E-state index in [0.717, 1.165) is 17.1 Å². The summed E-state index contributed by atoms with van der Waals surface area (Å²) in [5.74, 6) is 0. The third-order valence-electron chi connectivity index (χ3n) is 2.35. The molecule has 0 N–H and O–H groups in total. The molecule has 0 fully saturated rings. The first-order valence-electron chi connectivity index (χ1n) is 5.29. The van der Waals surface area contributed by atoms with Crippen molar-refractivity contribution in [2.75, 3.05) is 0 Å². The van der Waals surface area contributed by atoms with E-state index in [4.69, 9.17) is 0 Å². The summed E-state index contributed by atoms with van der Waals surface area (Å²) in [4.78, 5) is 8.72. The van der Waals surface area contributed by atoms with Crippen molar-refractivity contribution in [1.82, 2.24) is 9.97 Å². The van der Waals surface area contributed by atoms with Gasteiger partial charge < -0.3 is 0 Å². The third-order valence-corrected chi connectivity index (χ3v) is 2.35. The number of benzene rings is 1. The second-order valence-corrected chi connectivity index (χ2v) is 3.73. The summed E-state index contributed by atoms with van der Waals surface area (Å²) in [5, 5.41) is 0. The SMILES string of the molecule is Cc1cnc(C)c(/C=C\c2ccccc2)n1. The number of rotatable bonds is 2. The first-order chi connectivity index (χ1) is 7.75. The van der Waals surface area contributed by atoms with Crippen LogP contribution in [0.1, 0.15) is 22.6 Å². The number of hydrogen-bond donors (Lipinski definition) is 0. The summed E-state index contributed by atoms with van der Waals surface area (Å²) in [6.07, 6.45) is 5.84. The van der Waals surface area contributed by atoms with Gasteiger partial charge in [-0.3, -0.25) is 9.97 Å². The molecule has 80 valence electrons. The first-order valence-corrected chi connectivity index (χ1v) is 5.29. The maximum absolute atomic E-state index is 4.44. The van der Waals surface area contributed by atoms with E-state index in [1.807, 2.05) is 38.1 Å². The minimum absolute atomic E-state index is 0.934. The molecule has 0 bridgehead atoms. The molecule has 1 aromatic heterocycles. The lowest BCUT2D eigenvalue weighted by Gasteiger charge is -1.99. The molecule has 1 heterocycles. The topological polar surface area (TPSA) is 25.8 Å². The molecule has 16 heavy (non-hydrogen) atoms. The molecule has 2 heteroatoms. The Morgan fingerprint density at radius 2 is 1.75 bits per heavy atom. The Hall–Kier alpha value is -1.96. The Labute approximate surface area is 95.7 Å². The average Bonchev–Trinajstić information content (AvgIpc) is 2.32. The van der Waals surface area contributed by atoms with Crippen molar-refractivity contribution in [3.8, 4) is 0 Å². The van der Waals surface area contributed by atoms with Gasteiger partial charge in [0.05, 0.1) is 17.1 Å². The molecular weight excluding hydrogens is 196 g/mol. The fraction of sp³-hybridized carbons (Fsp3) is 0.143. The van der Waals surface area contributed by atoms with Gasteiger partial charge in [-0.05, 0) is 25.5 Å². The van der Waals surface area contributed by atoms with Crippen molar-refractivity contribution in [1.29, 1.82) is 0 Å². The molecule has 0 aliphatic rings.